The fourth-order valence-electron chi connectivity index (χ4n) is 2.07. The van der Waals surface area contributed by atoms with Crippen LogP contribution in [0, 0.1) is 10.1 Å². The predicted octanol–water partition coefficient (Wildman–Crippen LogP) is 2.18. The van der Waals surface area contributed by atoms with Gasteiger partial charge >= 0.3 is 5.69 Å². The van der Waals surface area contributed by atoms with E-state index in [0.29, 0.717) is 12.3 Å². The maximum Gasteiger partial charge on any atom is 0.329 e. The lowest BCUT2D eigenvalue weighted by Crippen LogP contribution is -2.14. The van der Waals surface area contributed by atoms with Crippen molar-refractivity contribution in [1.29, 1.82) is 0 Å². The fraction of sp³-hybridized carbons (Fsp3) is 0.333. The van der Waals surface area contributed by atoms with Crippen LogP contribution in [0.2, 0.25) is 0 Å². The van der Waals surface area contributed by atoms with Gasteiger partial charge in [0.25, 0.3) is 0 Å². The Labute approximate surface area is 141 Å². The first-order valence-corrected chi connectivity index (χ1v) is 8.90. The summed E-state index contributed by atoms with van der Waals surface area (Å²) in [6, 6.07) is 9.44. The summed E-state index contributed by atoms with van der Waals surface area (Å²) in [5.41, 5.74) is -0.139. The second-order valence-electron chi connectivity index (χ2n) is 5.39. The number of nitro groups is 1. The van der Waals surface area contributed by atoms with Crippen molar-refractivity contribution in [3.05, 3.63) is 46.6 Å². The molecular weight excluding hydrogens is 330 g/mol. The number of aromatic nitrogens is 2. The molecule has 1 saturated carbocycles. The van der Waals surface area contributed by atoms with Crippen LogP contribution in [0.1, 0.15) is 12.8 Å². The number of benzene rings is 1. The van der Waals surface area contributed by atoms with Gasteiger partial charge in [-0.05, 0) is 25.0 Å². The standard InChI is InChI=1S/C15H17N5O3S/c21-20(22)13-10-17-15(19-14(13)18-11-6-7-11)16-8-9-24(23)12-4-2-1-3-5-12/h1-5,10-11H,6-9H2,(H2,16,17,18,19). The average molecular weight is 347 g/mol. The SMILES string of the molecule is O=[N+]([O-])c1cnc(NCCS(=O)c2ccccc2)nc1NC1CC1. The Morgan fingerprint density at radius 2 is 2.04 bits per heavy atom. The van der Waals surface area contributed by atoms with E-state index in [1.165, 1.54) is 6.20 Å². The van der Waals surface area contributed by atoms with E-state index in [1.807, 2.05) is 30.3 Å². The lowest BCUT2D eigenvalue weighted by molar-refractivity contribution is -0.384. The van der Waals surface area contributed by atoms with Crippen LogP contribution >= 0.6 is 0 Å². The fourth-order valence-corrected chi connectivity index (χ4v) is 3.05. The molecule has 126 valence electrons. The average Bonchev–Trinajstić information content (AvgIpc) is 3.39. The smallest absolute Gasteiger partial charge is 0.329 e. The lowest BCUT2D eigenvalue weighted by Gasteiger charge is -2.08. The van der Waals surface area contributed by atoms with Crippen molar-refractivity contribution in [3.8, 4) is 0 Å². The van der Waals surface area contributed by atoms with Gasteiger partial charge in [0.2, 0.25) is 11.8 Å². The summed E-state index contributed by atoms with van der Waals surface area (Å²) in [6.45, 7) is 0.405. The molecule has 8 nitrogen and oxygen atoms in total. The van der Waals surface area contributed by atoms with Crippen molar-refractivity contribution < 1.29 is 9.13 Å². The molecule has 2 aromatic rings. The van der Waals surface area contributed by atoms with E-state index in [-0.39, 0.29) is 23.5 Å². The highest BCUT2D eigenvalue weighted by Crippen LogP contribution is 2.29. The molecule has 0 spiro atoms. The summed E-state index contributed by atoms with van der Waals surface area (Å²) in [7, 11) is -1.12. The van der Waals surface area contributed by atoms with E-state index in [9.17, 15) is 14.3 Å². The van der Waals surface area contributed by atoms with Gasteiger partial charge in [0.05, 0.1) is 15.7 Å². The molecule has 1 unspecified atom stereocenters. The van der Waals surface area contributed by atoms with Crippen LogP contribution < -0.4 is 10.6 Å². The minimum absolute atomic E-state index is 0.139. The van der Waals surface area contributed by atoms with Crippen LogP contribution in [0.25, 0.3) is 0 Å². The monoisotopic (exact) mass is 347 g/mol. The molecule has 0 radical (unpaired) electrons. The van der Waals surface area contributed by atoms with Crippen molar-refractivity contribution in [3.63, 3.8) is 0 Å². The molecule has 0 bridgehead atoms. The zero-order chi connectivity index (χ0) is 16.9. The third-order valence-corrected chi connectivity index (χ3v) is 4.83. The number of rotatable bonds is 8. The van der Waals surface area contributed by atoms with Crippen LogP contribution in [-0.2, 0) is 10.8 Å². The molecular formula is C15H17N5O3S. The number of nitrogens with zero attached hydrogens (tertiary/aromatic N) is 3. The Hall–Kier alpha value is -2.55. The molecule has 2 N–H and O–H groups in total. The van der Waals surface area contributed by atoms with Crippen LogP contribution in [0.3, 0.4) is 0 Å². The molecule has 1 aromatic carbocycles. The highest BCUT2D eigenvalue weighted by atomic mass is 32.2. The van der Waals surface area contributed by atoms with E-state index in [0.717, 1.165) is 17.7 Å². The van der Waals surface area contributed by atoms with Crippen molar-refractivity contribution in [2.24, 2.45) is 0 Å². The van der Waals surface area contributed by atoms with E-state index < -0.39 is 15.7 Å². The molecule has 1 aliphatic carbocycles. The van der Waals surface area contributed by atoms with Crippen molar-refractivity contribution in [1.82, 2.24) is 9.97 Å². The van der Waals surface area contributed by atoms with Crippen LogP contribution in [0.4, 0.5) is 17.5 Å². The van der Waals surface area contributed by atoms with Gasteiger partial charge in [0.15, 0.2) is 0 Å². The molecule has 24 heavy (non-hydrogen) atoms. The lowest BCUT2D eigenvalue weighted by atomic mass is 10.4. The van der Waals surface area contributed by atoms with Gasteiger partial charge in [0.1, 0.15) is 6.20 Å². The molecule has 0 aliphatic heterocycles. The maximum absolute atomic E-state index is 12.1. The van der Waals surface area contributed by atoms with Crippen LogP contribution in [-0.4, -0.2) is 37.4 Å². The van der Waals surface area contributed by atoms with Gasteiger partial charge in [-0.25, -0.2) is 4.98 Å². The first-order valence-electron chi connectivity index (χ1n) is 7.59. The van der Waals surface area contributed by atoms with Gasteiger partial charge in [-0.3, -0.25) is 14.3 Å². The molecule has 1 heterocycles. The summed E-state index contributed by atoms with van der Waals surface area (Å²) >= 11 is 0. The van der Waals surface area contributed by atoms with E-state index in [1.54, 1.807) is 0 Å². The Morgan fingerprint density at radius 1 is 1.29 bits per heavy atom. The third-order valence-electron chi connectivity index (χ3n) is 3.46. The minimum atomic E-state index is -1.12. The van der Waals surface area contributed by atoms with Gasteiger partial charge in [0, 0.05) is 23.2 Å². The first kappa shape index (κ1) is 16.3. The Balaban J connectivity index is 1.60. The zero-order valence-electron chi connectivity index (χ0n) is 12.8. The van der Waals surface area contributed by atoms with Gasteiger partial charge in [-0.2, -0.15) is 4.98 Å². The molecule has 0 amide bonds. The number of hydrogen-bond acceptors (Lipinski definition) is 7. The van der Waals surface area contributed by atoms with E-state index in [4.69, 9.17) is 0 Å². The molecule has 1 aromatic heterocycles. The van der Waals surface area contributed by atoms with Gasteiger partial charge in [-0.1, -0.05) is 18.2 Å². The van der Waals surface area contributed by atoms with Gasteiger partial charge in [-0.15, -0.1) is 0 Å². The predicted molar refractivity (Wildman–Crippen MR) is 91.5 cm³/mol. The van der Waals surface area contributed by atoms with Gasteiger partial charge < -0.3 is 10.6 Å². The van der Waals surface area contributed by atoms with E-state index in [2.05, 4.69) is 20.6 Å². The molecule has 9 heteroatoms. The Morgan fingerprint density at radius 3 is 2.71 bits per heavy atom. The molecule has 0 saturated heterocycles. The molecule has 1 fully saturated rings. The summed E-state index contributed by atoms with van der Waals surface area (Å²) in [6.07, 6.45) is 3.16. The van der Waals surface area contributed by atoms with E-state index >= 15 is 0 Å². The summed E-state index contributed by atoms with van der Waals surface area (Å²) in [4.78, 5) is 19.4. The molecule has 1 aliphatic rings. The van der Waals surface area contributed by atoms with Crippen molar-refractivity contribution >= 4 is 28.3 Å². The Kier molecular flexibility index (Phi) is 4.99. The normalized spacial score (nSPS) is 14.8. The Bertz CT molecular complexity index is 752. The third kappa shape index (κ3) is 4.25. The molecule has 3 rings (SSSR count). The van der Waals surface area contributed by atoms with Crippen LogP contribution in [0.15, 0.2) is 41.4 Å². The highest BCUT2D eigenvalue weighted by Gasteiger charge is 2.26. The summed E-state index contributed by atoms with van der Waals surface area (Å²) < 4.78 is 12.1. The first-order chi connectivity index (χ1) is 11.6. The maximum atomic E-state index is 12.1. The van der Waals surface area contributed by atoms with Crippen molar-refractivity contribution in [2.45, 2.75) is 23.8 Å². The largest absolute Gasteiger partial charge is 0.361 e. The molecule has 1 atom stereocenters. The van der Waals surface area contributed by atoms with Crippen molar-refractivity contribution in [2.75, 3.05) is 22.9 Å². The second kappa shape index (κ2) is 7.35. The highest BCUT2D eigenvalue weighted by molar-refractivity contribution is 7.85. The summed E-state index contributed by atoms with van der Waals surface area (Å²) in [5, 5.41) is 17.0. The number of anilines is 2. The zero-order valence-corrected chi connectivity index (χ0v) is 13.7. The quantitative estimate of drug-likeness (QED) is 0.556. The number of hydrogen-bond donors (Lipinski definition) is 2. The second-order valence-corrected chi connectivity index (χ2v) is 6.96. The summed E-state index contributed by atoms with van der Waals surface area (Å²) in [5.74, 6) is 0.911. The van der Waals surface area contributed by atoms with Crippen LogP contribution in [0.5, 0.6) is 0 Å². The minimum Gasteiger partial charge on any atom is -0.361 e. The topological polar surface area (TPSA) is 110 Å². The number of nitrogens with one attached hydrogen (secondary N) is 2.